The second kappa shape index (κ2) is 66.9. The number of rotatable bonds is 64. The maximum Gasteiger partial charge on any atom is 0.306 e. The average molecular weight is 1090 g/mol. The summed E-state index contributed by atoms with van der Waals surface area (Å²) in [6.07, 6.45) is 84.1. The lowest BCUT2D eigenvalue weighted by molar-refractivity contribution is -0.167. The number of carbonyl (C=O) groups excluding carboxylic acids is 3. The van der Waals surface area contributed by atoms with E-state index in [2.05, 4.69) is 69.4 Å². The topological polar surface area (TPSA) is 78.9 Å². The normalized spacial score (nSPS) is 12.3. The first-order valence-electron chi connectivity index (χ1n) is 34.6. The van der Waals surface area contributed by atoms with E-state index in [1.54, 1.807) is 0 Å². The lowest BCUT2D eigenvalue weighted by Gasteiger charge is -2.18. The molecule has 0 bridgehead atoms. The van der Waals surface area contributed by atoms with Gasteiger partial charge in [0, 0.05) is 19.3 Å². The maximum absolute atomic E-state index is 12.9. The molecule has 0 fully saturated rings. The second-order valence-corrected chi connectivity index (χ2v) is 23.4. The molecule has 0 saturated carbocycles. The van der Waals surface area contributed by atoms with Gasteiger partial charge in [-0.25, -0.2) is 0 Å². The van der Waals surface area contributed by atoms with E-state index in [1.807, 2.05) is 0 Å². The van der Waals surface area contributed by atoms with E-state index in [4.69, 9.17) is 14.2 Å². The first-order valence-corrected chi connectivity index (χ1v) is 34.6. The van der Waals surface area contributed by atoms with Crippen molar-refractivity contribution in [3.63, 3.8) is 0 Å². The van der Waals surface area contributed by atoms with E-state index in [9.17, 15) is 14.4 Å². The van der Waals surface area contributed by atoms with E-state index < -0.39 is 6.10 Å². The second-order valence-electron chi connectivity index (χ2n) is 23.4. The van der Waals surface area contributed by atoms with Crippen LogP contribution in [-0.2, 0) is 28.6 Å². The molecule has 0 aliphatic carbocycles. The third-order valence-corrected chi connectivity index (χ3v) is 15.6. The van der Waals surface area contributed by atoms with Crippen molar-refractivity contribution in [3.8, 4) is 0 Å². The van der Waals surface area contributed by atoms with Gasteiger partial charge in [0.15, 0.2) is 6.10 Å². The van der Waals surface area contributed by atoms with E-state index in [0.29, 0.717) is 19.3 Å². The van der Waals surface area contributed by atoms with Crippen LogP contribution in [0.25, 0.3) is 0 Å². The standard InChI is InChI=1S/C72H132O6/c1-4-7-10-13-16-19-22-25-28-30-32-34-35-36-37-39-40-42-44-47-50-53-56-59-62-65-71(74)77-68-69(67-76-70(73)64-61-58-55-52-49-46-27-24-21-18-15-12-9-6-3)78-72(75)66-63-60-57-54-51-48-45-43-41-38-33-31-29-26-23-20-17-14-11-8-5-2/h22-23,25-26,30-33,69H,4-21,24,27-29,34-68H2,1-3H3/b25-22-,26-23-,32-30-,33-31-. The molecule has 0 N–H and O–H groups in total. The van der Waals surface area contributed by atoms with Gasteiger partial charge in [-0.05, 0) is 83.5 Å². The quantitative estimate of drug-likeness (QED) is 0.0261. The predicted molar refractivity (Wildman–Crippen MR) is 339 cm³/mol. The van der Waals surface area contributed by atoms with Gasteiger partial charge in [0.1, 0.15) is 13.2 Å². The predicted octanol–water partition coefficient (Wildman–Crippen LogP) is 23.7. The first-order chi connectivity index (χ1) is 38.5. The van der Waals surface area contributed by atoms with Gasteiger partial charge >= 0.3 is 17.9 Å². The van der Waals surface area contributed by atoms with Crippen molar-refractivity contribution in [3.05, 3.63) is 48.6 Å². The Morgan fingerprint density at radius 1 is 0.256 bits per heavy atom. The summed E-state index contributed by atoms with van der Waals surface area (Å²) < 4.78 is 17.0. The van der Waals surface area contributed by atoms with E-state index in [0.717, 1.165) is 70.6 Å². The number of ether oxygens (including phenoxy) is 3. The highest BCUT2D eigenvalue weighted by Crippen LogP contribution is 2.18. The molecule has 0 radical (unpaired) electrons. The zero-order valence-corrected chi connectivity index (χ0v) is 52.5. The highest BCUT2D eigenvalue weighted by molar-refractivity contribution is 5.71. The van der Waals surface area contributed by atoms with E-state index in [1.165, 1.54) is 263 Å². The monoisotopic (exact) mass is 1090 g/mol. The number of allylic oxidation sites excluding steroid dienone is 8. The van der Waals surface area contributed by atoms with Gasteiger partial charge in [0.25, 0.3) is 0 Å². The minimum atomic E-state index is -0.775. The summed E-state index contributed by atoms with van der Waals surface area (Å²) in [5.41, 5.74) is 0. The molecule has 6 heteroatoms. The van der Waals surface area contributed by atoms with Gasteiger partial charge in [0.05, 0.1) is 0 Å². The number of hydrogen-bond acceptors (Lipinski definition) is 6. The molecule has 1 unspecified atom stereocenters. The van der Waals surface area contributed by atoms with Crippen LogP contribution in [0.2, 0.25) is 0 Å². The van der Waals surface area contributed by atoms with Crippen LogP contribution in [0, 0.1) is 0 Å². The van der Waals surface area contributed by atoms with Crippen molar-refractivity contribution in [2.45, 2.75) is 380 Å². The fourth-order valence-corrected chi connectivity index (χ4v) is 10.3. The molecule has 0 aliphatic rings. The molecule has 0 saturated heterocycles. The van der Waals surface area contributed by atoms with Crippen LogP contribution in [0.1, 0.15) is 374 Å². The minimum Gasteiger partial charge on any atom is -0.462 e. The molecule has 0 amide bonds. The highest BCUT2D eigenvalue weighted by Gasteiger charge is 2.19. The minimum absolute atomic E-state index is 0.0704. The van der Waals surface area contributed by atoms with Gasteiger partial charge in [-0.15, -0.1) is 0 Å². The largest absolute Gasteiger partial charge is 0.462 e. The molecule has 0 spiro atoms. The Morgan fingerprint density at radius 2 is 0.462 bits per heavy atom. The van der Waals surface area contributed by atoms with Gasteiger partial charge in [-0.3, -0.25) is 14.4 Å². The third kappa shape index (κ3) is 64.2. The summed E-state index contributed by atoms with van der Waals surface area (Å²) in [4.78, 5) is 38.4. The fraction of sp³-hybridized carbons (Fsp3) is 0.847. The van der Waals surface area contributed by atoms with Crippen molar-refractivity contribution in [1.82, 2.24) is 0 Å². The van der Waals surface area contributed by atoms with Gasteiger partial charge in [0.2, 0.25) is 0 Å². The molecule has 0 aromatic heterocycles. The van der Waals surface area contributed by atoms with E-state index in [-0.39, 0.29) is 31.1 Å². The van der Waals surface area contributed by atoms with Crippen LogP contribution in [0.3, 0.4) is 0 Å². The van der Waals surface area contributed by atoms with Gasteiger partial charge in [-0.2, -0.15) is 0 Å². The summed E-state index contributed by atoms with van der Waals surface area (Å²) in [5.74, 6) is -0.850. The number of carbonyl (C=O) groups is 3. The average Bonchev–Trinajstić information content (AvgIpc) is 3.44. The molecule has 78 heavy (non-hydrogen) atoms. The van der Waals surface area contributed by atoms with Crippen LogP contribution >= 0.6 is 0 Å². The van der Waals surface area contributed by atoms with Crippen LogP contribution in [0.15, 0.2) is 48.6 Å². The van der Waals surface area contributed by atoms with Crippen molar-refractivity contribution in [1.29, 1.82) is 0 Å². The van der Waals surface area contributed by atoms with Crippen molar-refractivity contribution >= 4 is 17.9 Å². The first kappa shape index (κ1) is 75.4. The van der Waals surface area contributed by atoms with Crippen molar-refractivity contribution < 1.29 is 28.6 Å². The summed E-state index contributed by atoms with van der Waals surface area (Å²) in [6.45, 7) is 6.68. The van der Waals surface area contributed by atoms with Crippen LogP contribution in [0.5, 0.6) is 0 Å². The Bertz CT molecular complexity index is 1350. The molecule has 0 aromatic rings. The summed E-state index contributed by atoms with van der Waals surface area (Å²) >= 11 is 0. The number of unbranched alkanes of at least 4 members (excludes halogenated alkanes) is 45. The molecule has 0 rings (SSSR count). The van der Waals surface area contributed by atoms with Crippen LogP contribution < -0.4 is 0 Å². The molecule has 456 valence electrons. The Balaban J connectivity index is 4.28. The van der Waals surface area contributed by atoms with Gasteiger partial charge < -0.3 is 14.2 Å². The highest BCUT2D eigenvalue weighted by atomic mass is 16.6. The number of esters is 3. The molecule has 0 aliphatic heterocycles. The molecule has 0 heterocycles. The SMILES string of the molecule is CCCCCCC/C=C\C/C=C\CCCCCCCCCCCCCCCC(=O)OCC(COC(=O)CCCCCCCCCCCCCCCC)OC(=O)CCCCCCCCCCC/C=C\C/C=C\CCCCCCC. The number of hydrogen-bond donors (Lipinski definition) is 0. The molecular weight excluding hydrogens is 961 g/mol. The maximum atomic E-state index is 12.9. The third-order valence-electron chi connectivity index (χ3n) is 15.6. The van der Waals surface area contributed by atoms with Gasteiger partial charge in [-0.1, -0.05) is 320 Å². The Morgan fingerprint density at radius 3 is 0.705 bits per heavy atom. The smallest absolute Gasteiger partial charge is 0.306 e. The van der Waals surface area contributed by atoms with Crippen molar-refractivity contribution in [2.75, 3.05) is 13.2 Å². The Labute approximate surface area is 486 Å². The molecule has 0 aromatic carbocycles. The lowest BCUT2D eigenvalue weighted by Crippen LogP contribution is -2.30. The molecule has 1 atom stereocenters. The molecular formula is C72H132O6. The zero-order valence-electron chi connectivity index (χ0n) is 52.5. The Hall–Kier alpha value is -2.63. The summed E-state index contributed by atoms with van der Waals surface area (Å²) in [5, 5.41) is 0. The molecule has 6 nitrogen and oxygen atoms in total. The lowest BCUT2D eigenvalue weighted by atomic mass is 10.0. The van der Waals surface area contributed by atoms with Crippen LogP contribution in [0.4, 0.5) is 0 Å². The Kier molecular flexibility index (Phi) is 64.6. The summed E-state index contributed by atoms with van der Waals surface area (Å²) in [6, 6.07) is 0. The zero-order chi connectivity index (χ0) is 56.4. The van der Waals surface area contributed by atoms with E-state index >= 15 is 0 Å². The van der Waals surface area contributed by atoms with Crippen LogP contribution in [-0.4, -0.2) is 37.2 Å². The summed E-state index contributed by atoms with van der Waals surface area (Å²) in [7, 11) is 0. The fourth-order valence-electron chi connectivity index (χ4n) is 10.3. The van der Waals surface area contributed by atoms with Crippen molar-refractivity contribution in [2.24, 2.45) is 0 Å².